The molecule has 2 heteroatoms. The number of Topliss-reactive ketones (excluding diaryl/α,β-unsaturated/α-hetero) is 1. The average Bonchev–Trinajstić information content (AvgIpc) is 2.66. The molecule has 0 amide bonds. The molecule has 0 aliphatic heterocycles. The maximum absolute atomic E-state index is 12.3. The molecular weight excluding hydrogens is 186 g/mol. The molecule has 1 aromatic heterocycles. The maximum atomic E-state index is 12.3. The topological polar surface area (TPSA) is 30.0 Å². The quantitative estimate of drug-likeness (QED) is 0.691. The Morgan fingerprint density at radius 3 is 2.67 bits per heavy atom. The highest BCUT2D eigenvalue weighted by molar-refractivity contribution is 6.01. The Morgan fingerprint density at radius 1 is 1.40 bits per heavy atom. The summed E-state index contributed by atoms with van der Waals surface area (Å²) in [4.78, 5) is 16.4. The van der Waals surface area contributed by atoms with Crippen molar-refractivity contribution in [2.24, 2.45) is 5.41 Å². The van der Waals surface area contributed by atoms with Gasteiger partial charge in [0.2, 0.25) is 0 Å². The van der Waals surface area contributed by atoms with E-state index in [9.17, 15) is 4.79 Å². The van der Waals surface area contributed by atoms with Crippen molar-refractivity contribution < 1.29 is 4.79 Å². The Bertz CT molecular complexity index is 378. The fraction of sp³-hybridized carbons (Fsp3) is 0.538. The molecule has 0 spiro atoms. The molecule has 0 radical (unpaired) electrons. The predicted molar refractivity (Wildman–Crippen MR) is 59.9 cm³/mol. The summed E-state index contributed by atoms with van der Waals surface area (Å²) in [5.74, 6) is 0.283. The fourth-order valence-electron chi connectivity index (χ4n) is 2.41. The molecule has 2 rings (SSSR count). The summed E-state index contributed by atoms with van der Waals surface area (Å²) in [5, 5.41) is 0. The molecule has 0 N–H and O–H groups in total. The third-order valence-electron chi connectivity index (χ3n) is 3.54. The molecule has 15 heavy (non-hydrogen) atoms. The third kappa shape index (κ3) is 1.81. The molecule has 1 aliphatic rings. The second-order valence-electron chi connectivity index (χ2n) is 4.79. The number of carbonyl (C=O) groups is 1. The second-order valence-corrected chi connectivity index (χ2v) is 4.79. The number of pyridine rings is 1. The van der Waals surface area contributed by atoms with Gasteiger partial charge in [-0.2, -0.15) is 0 Å². The van der Waals surface area contributed by atoms with Crippen molar-refractivity contribution in [3.63, 3.8) is 0 Å². The van der Waals surface area contributed by atoms with E-state index in [4.69, 9.17) is 0 Å². The van der Waals surface area contributed by atoms with E-state index in [0.29, 0.717) is 0 Å². The van der Waals surface area contributed by atoms with Gasteiger partial charge in [0.1, 0.15) is 0 Å². The first-order valence-electron chi connectivity index (χ1n) is 5.59. The van der Waals surface area contributed by atoms with Crippen LogP contribution in [0.4, 0.5) is 0 Å². The van der Waals surface area contributed by atoms with Crippen LogP contribution in [0.25, 0.3) is 0 Å². The van der Waals surface area contributed by atoms with E-state index >= 15 is 0 Å². The van der Waals surface area contributed by atoms with Gasteiger partial charge in [-0.25, -0.2) is 0 Å². The number of carbonyl (C=O) groups excluding carboxylic acids is 1. The average molecular weight is 203 g/mol. The van der Waals surface area contributed by atoms with Crippen LogP contribution in [0.15, 0.2) is 18.5 Å². The number of hydrogen-bond donors (Lipinski definition) is 0. The van der Waals surface area contributed by atoms with E-state index in [2.05, 4.69) is 11.9 Å². The van der Waals surface area contributed by atoms with Crippen molar-refractivity contribution >= 4 is 5.78 Å². The summed E-state index contributed by atoms with van der Waals surface area (Å²) in [5.41, 5.74) is 1.72. The van der Waals surface area contributed by atoms with Crippen LogP contribution < -0.4 is 0 Å². The lowest BCUT2D eigenvalue weighted by atomic mass is 9.80. The number of aromatic nitrogens is 1. The molecule has 1 saturated carbocycles. The number of aryl methyl sites for hydroxylation is 1. The SMILES string of the molecule is Cc1ccncc1C(=O)C1(C)CCCC1. The Morgan fingerprint density at radius 2 is 2.07 bits per heavy atom. The van der Waals surface area contributed by atoms with Crippen molar-refractivity contribution in [3.8, 4) is 0 Å². The third-order valence-corrected chi connectivity index (χ3v) is 3.54. The highest BCUT2D eigenvalue weighted by Crippen LogP contribution is 2.40. The molecule has 1 aromatic rings. The summed E-state index contributed by atoms with van der Waals surface area (Å²) >= 11 is 0. The molecular formula is C13H17NO. The number of nitrogens with zero attached hydrogens (tertiary/aromatic N) is 1. The summed E-state index contributed by atoms with van der Waals surface area (Å²) in [6.45, 7) is 4.07. The van der Waals surface area contributed by atoms with E-state index in [-0.39, 0.29) is 11.2 Å². The highest BCUT2D eigenvalue weighted by Gasteiger charge is 2.37. The van der Waals surface area contributed by atoms with Crippen LogP contribution in [-0.2, 0) is 0 Å². The summed E-state index contributed by atoms with van der Waals surface area (Å²) in [7, 11) is 0. The first-order valence-corrected chi connectivity index (χ1v) is 5.59. The minimum Gasteiger partial charge on any atom is -0.293 e. The van der Waals surface area contributed by atoms with Gasteiger partial charge in [0, 0.05) is 23.4 Å². The highest BCUT2D eigenvalue weighted by atomic mass is 16.1. The molecule has 0 unspecified atom stereocenters. The van der Waals surface area contributed by atoms with Gasteiger partial charge in [-0.1, -0.05) is 19.8 Å². The molecule has 1 aliphatic carbocycles. The monoisotopic (exact) mass is 203 g/mol. The second kappa shape index (κ2) is 3.76. The Kier molecular flexibility index (Phi) is 2.59. The van der Waals surface area contributed by atoms with Crippen molar-refractivity contribution in [3.05, 3.63) is 29.6 Å². The van der Waals surface area contributed by atoms with Crippen molar-refractivity contribution in [1.82, 2.24) is 4.98 Å². The number of hydrogen-bond acceptors (Lipinski definition) is 2. The van der Waals surface area contributed by atoms with Crippen LogP contribution in [0, 0.1) is 12.3 Å². The van der Waals surface area contributed by atoms with Crippen LogP contribution in [0.1, 0.15) is 48.5 Å². The number of rotatable bonds is 2. The summed E-state index contributed by atoms with van der Waals surface area (Å²) in [6, 6.07) is 1.91. The van der Waals surface area contributed by atoms with Gasteiger partial charge < -0.3 is 0 Å². The Labute approximate surface area is 90.7 Å². The zero-order valence-corrected chi connectivity index (χ0v) is 9.42. The predicted octanol–water partition coefficient (Wildman–Crippen LogP) is 3.15. The van der Waals surface area contributed by atoms with E-state index in [1.807, 2.05) is 13.0 Å². The molecule has 0 aromatic carbocycles. The first kappa shape index (κ1) is 10.3. The summed E-state index contributed by atoms with van der Waals surface area (Å²) in [6.07, 6.45) is 7.87. The van der Waals surface area contributed by atoms with Crippen molar-refractivity contribution in [2.75, 3.05) is 0 Å². The van der Waals surface area contributed by atoms with E-state index in [0.717, 1.165) is 24.0 Å². The number of ketones is 1. The maximum Gasteiger partial charge on any atom is 0.170 e. The van der Waals surface area contributed by atoms with Crippen LogP contribution in [-0.4, -0.2) is 10.8 Å². The first-order chi connectivity index (χ1) is 7.13. The van der Waals surface area contributed by atoms with Crippen LogP contribution in [0.5, 0.6) is 0 Å². The smallest absolute Gasteiger partial charge is 0.170 e. The van der Waals surface area contributed by atoms with Gasteiger partial charge in [0.05, 0.1) is 0 Å². The summed E-state index contributed by atoms with van der Waals surface area (Å²) < 4.78 is 0. The molecule has 0 atom stereocenters. The van der Waals surface area contributed by atoms with Crippen LogP contribution in [0.3, 0.4) is 0 Å². The lowest BCUT2D eigenvalue weighted by molar-refractivity contribution is 0.0822. The molecule has 1 fully saturated rings. The minimum absolute atomic E-state index is 0.131. The van der Waals surface area contributed by atoms with E-state index < -0.39 is 0 Å². The fourth-order valence-corrected chi connectivity index (χ4v) is 2.41. The van der Waals surface area contributed by atoms with Crippen molar-refractivity contribution in [1.29, 1.82) is 0 Å². The zero-order chi connectivity index (χ0) is 10.9. The lowest BCUT2D eigenvalue weighted by Gasteiger charge is -2.22. The van der Waals surface area contributed by atoms with Gasteiger partial charge >= 0.3 is 0 Å². The van der Waals surface area contributed by atoms with Gasteiger partial charge in [0.25, 0.3) is 0 Å². The minimum atomic E-state index is -0.131. The normalized spacial score (nSPS) is 19.1. The zero-order valence-electron chi connectivity index (χ0n) is 9.42. The Balaban J connectivity index is 2.32. The van der Waals surface area contributed by atoms with Crippen molar-refractivity contribution in [2.45, 2.75) is 39.5 Å². The molecule has 0 saturated heterocycles. The molecule has 1 heterocycles. The van der Waals surface area contributed by atoms with Gasteiger partial charge in [-0.3, -0.25) is 9.78 Å². The van der Waals surface area contributed by atoms with E-state index in [1.165, 1.54) is 12.8 Å². The van der Waals surface area contributed by atoms with Gasteiger partial charge in [-0.15, -0.1) is 0 Å². The largest absolute Gasteiger partial charge is 0.293 e. The van der Waals surface area contributed by atoms with E-state index in [1.54, 1.807) is 12.4 Å². The van der Waals surface area contributed by atoms with Crippen LogP contribution >= 0.6 is 0 Å². The molecule has 0 bridgehead atoms. The Hall–Kier alpha value is -1.18. The standard InChI is InChI=1S/C13H17NO/c1-10-5-8-14-9-11(10)12(15)13(2)6-3-4-7-13/h5,8-9H,3-4,6-7H2,1-2H3. The molecule has 2 nitrogen and oxygen atoms in total. The lowest BCUT2D eigenvalue weighted by Crippen LogP contribution is -2.25. The van der Waals surface area contributed by atoms with Crippen LogP contribution in [0.2, 0.25) is 0 Å². The molecule has 80 valence electrons. The van der Waals surface area contributed by atoms with Gasteiger partial charge in [-0.05, 0) is 31.4 Å². The van der Waals surface area contributed by atoms with Gasteiger partial charge in [0.15, 0.2) is 5.78 Å².